The minimum atomic E-state index is 0.185. The number of likely N-dealkylation sites (N-methyl/N-ethyl adjacent to an activating group) is 1. The number of imidazole rings is 1. The van der Waals surface area contributed by atoms with Crippen LogP contribution in [0.4, 0.5) is 17.7 Å². The lowest BCUT2D eigenvalue weighted by Gasteiger charge is -2.34. The summed E-state index contributed by atoms with van der Waals surface area (Å²) < 4.78 is 7.97. The predicted molar refractivity (Wildman–Crippen MR) is 133 cm³/mol. The molecule has 0 bridgehead atoms. The summed E-state index contributed by atoms with van der Waals surface area (Å²) in [4.78, 5) is 30.6. The van der Waals surface area contributed by atoms with Gasteiger partial charge in [-0.2, -0.15) is 0 Å². The molecule has 1 atom stereocenters. The lowest BCUT2D eigenvalue weighted by molar-refractivity contribution is 0.0987. The fourth-order valence-corrected chi connectivity index (χ4v) is 4.58. The van der Waals surface area contributed by atoms with Crippen molar-refractivity contribution < 1.29 is 4.74 Å². The van der Waals surface area contributed by atoms with Crippen LogP contribution in [0.1, 0.15) is 20.8 Å². The number of aromatic nitrogens is 6. The smallest absolute Gasteiger partial charge is 0.219 e. The van der Waals surface area contributed by atoms with Gasteiger partial charge in [-0.1, -0.05) is 13.8 Å². The molecule has 2 aliphatic heterocycles. The first kappa shape index (κ1) is 22.7. The van der Waals surface area contributed by atoms with E-state index in [0.29, 0.717) is 25.0 Å². The van der Waals surface area contributed by atoms with Gasteiger partial charge in [0.15, 0.2) is 22.8 Å². The monoisotopic (exact) mass is 466 g/mol. The van der Waals surface area contributed by atoms with Crippen LogP contribution in [0.5, 0.6) is 0 Å². The largest absolute Gasteiger partial charge is 0.377 e. The van der Waals surface area contributed by atoms with Crippen molar-refractivity contribution in [3.05, 3.63) is 12.4 Å². The summed E-state index contributed by atoms with van der Waals surface area (Å²) >= 11 is 0. The number of nitrogens with zero attached hydrogens (tertiary/aromatic N) is 9. The van der Waals surface area contributed by atoms with E-state index in [2.05, 4.69) is 57.1 Å². The Bertz CT molecular complexity index is 1140. The summed E-state index contributed by atoms with van der Waals surface area (Å²) in [6, 6.07) is 0.185. The van der Waals surface area contributed by atoms with Gasteiger partial charge in [0.25, 0.3) is 0 Å². The molecule has 2 saturated heterocycles. The molecular formula is C23H34N10O. The maximum atomic E-state index is 5.73. The van der Waals surface area contributed by atoms with Crippen molar-refractivity contribution in [1.29, 1.82) is 0 Å². The van der Waals surface area contributed by atoms with Crippen LogP contribution in [-0.4, -0.2) is 93.4 Å². The number of nitrogen functional groups attached to an aromatic ring is 1. The molecule has 0 spiro atoms. The highest BCUT2D eigenvalue weighted by Gasteiger charge is 2.29. The Morgan fingerprint density at radius 2 is 1.79 bits per heavy atom. The van der Waals surface area contributed by atoms with Gasteiger partial charge in [-0.25, -0.2) is 24.9 Å². The van der Waals surface area contributed by atoms with Crippen LogP contribution in [0.15, 0.2) is 12.4 Å². The molecule has 2 N–H and O–H groups in total. The zero-order valence-corrected chi connectivity index (χ0v) is 20.5. The quantitative estimate of drug-likeness (QED) is 0.593. The highest BCUT2D eigenvalue weighted by atomic mass is 16.5. The minimum absolute atomic E-state index is 0.185. The molecule has 11 heteroatoms. The number of nitrogens with two attached hydrogens (primary N) is 1. The topological polar surface area (TPSA) is 114 Å². The van der Waals surface area contributed by atoms with Gasteiger partial charge >= 0.3 is 0 Å². The maximum absolute atomic E-state index is 5.73. The fraction of sp³-hybridized carbons (Fsp3) is 0.609. The highest BCUT2D eigenvalue weighted by Crippen LogP contribution is 2.33. The van der Waals surface area contributed by atoms with E-state index in [9.17, 15) is 0 Å². The van der Waals surface area contributed by atoms with Gasteiger partial charge in [-0.05, 0) is 19.9 Å². The highest BCUT2D eigenvalue weighted by molar-refractivity contribution is 5.88. The fourth-order valence-electron chi connectivity index (χ4n) is 4.58. The Balaban J connectivity index is 1.71. The Hall–Kier alpha value is -3.05. The van der Waals surface area contributed by atoms with Crippen LogP contribution in [0.2, 0.25) is 0 Å². The first-order valence-corrected chi connectivity index (χ1v) is 12.0. The number of anilines is 3. The second-order valence-electron chi connectivity index (χ2n) is 9.70. The summed E-state index contributed by atoms with van der Waals surface area (Å²) in [6.45, 7) is 13.4. The third kappa shape index (κ3) is 4.37. The number of hydrogen-bond donors (Lipinski definition) is 1. The molecule has 3 aromatic rings. The predicted octanol–water partition coefficient (Wildman–Crippen LogP) is 1.50. The van der Waals surface area contributed by atoms with Crippen molar-refractivity contribution >= 4 is 28.9 Å². The number of piperazine rings is 1. The van der Waals surface area contributed by atoms with E-state index < -0.39 is 0 Å². The van der Waals surface area contributed by atoms with Gasteiger partial charge in [0.05, 0.1) is 24.8 Å². The normalized spacial score (nSPS) is 20.0. The van der Waals surface area contributed by atoms with Gasteiger partial charge in [0, 0.05) is 51.7 Å². The molecule has 5 rings (SSSR count). The number of hydrogen-bond acceptors (Lipinski definition) is 10. The number of fused-ring (bicyclic) bond motifs is 1. The molecule has 0 radical (unpaired) electrons. The third-order valence-electron chi connectivity index (χ3n) is 6.46. The number of rotatable bonds is 5. The molecular weight excluding hydrogens is 432 g/mol. The molecule has 0 aromatic carbocycles. The first-order chi connectivity index (χ1) is 16.4. The molecule has 3 aromatic heterocycles. The molecule has 34 heavy (non-hydrogen) atoms. The summed E-state index contributed by atoms with van der Waals surface area (Å²) in [6.07, 6.45) is 3.36. The van der Waals surface area contributed by atoms with Crippen molar-refractivity contribution in [2.45, 2.75) is 33.4 Å². The average Bonchev–Trinajstić information content (AvgIpc) is 3.17. The van der Waals surface area contributed by atoms with E-state index in [1.54, 1.807) is 12.4 Å². The van der Waals surface area contributed by atoms with Crippen molar-refractivity contribution in [1.82, 2.24) is 34.4 Å². The van der Waals surface area contributed by atoms with Crippen LogP contribution in [0.3, 0.4) is 0 Å². The van der Waals surface area contributed by atoms with Crippen LogP contribution in [0.25, 0.3) is 22.6 Å². The molecule has 2 aliphatic rings. The second-order valence-corrected chi connectivity index (χ2v) is 9.70. The summed E-state index contributed by atoms with van der Waals surface area (Å²) in [7, 11) is 2.17. The van der Waals surface area contributed by atoms with Crippen LogP contribution < -0.4 is 15.5 Å². The summed E-state index contributed by atoms with van der Waals surface area (Å²) in [5.74, 6) is 3.06. The standard InChI is InChI=1S/C23H34N10O/c1-15(2)13-33-21-18(27-23(33)31-7-5-30(4)6-8-31)20(32-9-10-34-14-16(32)3)28-19(29-21)17-11-25-22(24)26-12-17/h11-12,15-16H,5-10,13-14H2,1-4H3,(H2,24,25,26)/t16-/m0/s1. The van der Waals surface area contributed by atoms with Crippen molar-refractivity contribution in [3.63, 3.8) is 0 Å². The molecule has 0 aliphatic carbocycles. The second kappa shape index (κ2) is 9.30. The molecule has 11 nitrogen and oxygen atoms in total. The number of ether oxygens (including phenoxy) is 1. The van der Waals surface area contributed by atoms with Crippen LogP contribution in [0, 0.1) is 5.92 Å². The van der Waals surface area contributed by atoms with Crippen LogP contribution in [-0.2, 0) is 11.3 Å². The van der Waals surface area contributed by atoms with Crippen LogP contribution >= 0.6 is 0 Å². The zero-order chi connectivity index (χ0) is 23.8. The lowest BCUT2D eigenvalue weighted by Crippen LogP contribution is -2.45. The number of morpholine rings is 1. The van der Waals surface area contributed by atoms with E-state index in [4.69, 9.17) is 25.4 Å². The maximum Gasteiger partial charge on any atom is 0.219 e. The van der Waals surface area contributed by atoms with E-state index in [1.807, 2.05) is 0 Å². The van der Waals surface area contributed by atoms with Crippen molar-refractivity contribution in [3.8, 4) is 11.4 Å². The average molecular weight is 467 g/mol. The molecule has 2 fully saturated rings. The third-order valence-corrected chi connectivity index (χ3v) is 6.46. The van der Waals surface area contributed by atoms with E-state index in [0.717, 1.165) is 67.8 Å². The van der Waals surface area contributed by atoms with E-state index in [-0.39, 0.29) is 12.0 Å². The molecule has 182 valence electrons. The van der Waals surface area contributed by atoms with Gasteiger partial charge in [0.1, 0.15) is 0 Å². The van der Waals surface area contributed by atoms with Crippen molar-refractivity contribution in [2.24, 2.45) is 5.92 Å². The van der Waals surface area contributed by atoms with Gasteiger partial charge in [-0.15, -0.1) is 0 Å². The van der Waals surface area contributed by atoms with E-state index >= 15 is 0 Å². The van der Waals surface area contributed by atoms with Gasteiger partial charge < -0.3 is 25.2 Å². The first-order valence-electron chi connectivity index (χ1n) is 12.0. The Morgan fingerprint density at radius 3 is 2.47 bits per heavy atom. The van der Waals surface area contributed by atoms with E-state index in [1.165, 1.54) is 0 Å². The Kier molecular flexibility index (Phi) is 6.22. The summed E-state index contributed by atoms with van der Waals surface area (Å²) in [5.41, 5.74) is 8.14. The van der Waals surface area contributed by atoms with Gasteiger partial charge in [-0.3, -0.25) is 4.57 Å². The Labute approximate surface area is 200 Å². The van der Waals surface area contributed by atoms with Crippen molar-refractivity contribution in [2.75, 3.05) is 68.5 Å². The SMILES string of the molecule is CC(C)Cn1c(N2CCN(C)CC2)nc2c(N3CCOC[C@@H]3C)nc(-c3cnc(N)nc3)nc21. The molecule has 0 unspecified atom stereocenters. The zero-order valence-electron chi connectivity index (χ0n) is 20.5. The minimum Gasteiger partial charge on any atom is -0.377 e. The molecule has 0 amide bonds. The molecule has 5 heterocycles. The Morgan fingerprint density at radius 1 is 1.06 bits per heavy atom. The summed E-state index contributed by atoms with van der Waals surface area (Å²) in [5, 5.41) is 0. The van der Waals surface area contributed by atoms with Gasteiger partial charge in [0.2, 0.25) is 11.9 Å². The lowest BCUT2D eigenvalue weighted by atomic mass is 10.2. The molecule has 0 saturated carbocycles.